The maximum atomic E-state index is 11.0. The van der Waals surface area contributed by atoms with Crippen LogP contribution >= 0.6 is 11.3 Å². The summed E-state index contributed by atoms with van der Waals surface area (Å²) < 4.78 is 0. The molecule has 1 N–H and O–H groups in total. The number of carbonyl (C=O) groups is 1. The summed E-state index contributed by atoms with van der Waals surface area (Å²) in [4.78, 5) is 21.9. The van der Waals surface area contributed by atoms with Crippen LogP contribution in [0.5, 0.6) is 0 Å². The smallest absolute Gasteiger partial charge is 0.324 e. The molecule has 0 bridgehead atoms. The van der Waals surface area contributed by atoms with E-state index < -0.39 is 16.8 Å². The number of nitro groups is 1. The van der Waals surface area contributed by atoms with Gasteiger partial charge in [0.25, 0.3) is 0 Å². The lowest BCUT2D eigenvalue weighted by Gasteiger charge is -1.97. The van der Waals surface area contributed by atoms with Gasteiger partial charge in [-0.05, 0) is 11.5 Å². The zero-order valence-electron chi connectivity index (χ0n) is 8.84. The molecule has 1 heterocycles. The quantitative estimate of drug-likeness (QED) is 0.651. The molecule has 0 spiro atoms. The predicted octanol–water partition coefficient (Wildman–Crippen LogP) is 2.48. The number of hydrogen-bond donors (Lipinski definition) is 1. The van der Waals surface area contributed by atoms with Crippen LogP contribution in [0.15, 0.2) is 12.1 Å². The fourth-order valence-corrected chi connectivity index (χ4v) is 3.39. The highest BCUT2D eigenvalue weighted by Crippen LogP contribution is 2.65. The molecule has 86 valence electrons. The molecular weight excluding hydrogens is 230 g/mol. The molecule has 0 aliphatic heterocycles. The summed E-state index contributed by atoms with van der Waals surface area (Å²) in [6.45, 7) is 3.75. The van der Waals surface area contributed by atoms with E-state index in [1.54, 1.807) is 6.07 Å². The highest BCUT2D eigenvalue weighted by Gasteiger charge is 2.63. The van der Waals surface area contributed by atoms with E-state index in [1.807, 2.05) is 13.8 Å². The van der Waals surface area contributed by atoms with Crippen molar-refractivity contribution in [2.45, 2.75) is 19.8 Å². The Labute approximate surface area is 95.9 Å². The topological polar surface area (TPSA) is 80.4 Å². The van der Waals surface area contributed by atoms with E-state index in [9.17, 15) is 14.9 Å². The minimum absolute atomic E-state index is 0.0711. The Morgan fingerprint density at radius 3 is 2.56 bits per heavy atom. The van der Waals surface area contributed by atoms with Gasteiger partial charge in [0.2, 0.25) is 0 Å². The van der Waals surface area contributed by atoms with Gasteiger partial charge in [-0.25, -0.2) is 0 Å². The molecule has 0 amide bonds. The molecular formula is C10H11NO4S. The molecule has 5 nitrogen and oxygen atoms in total. The van der Waals surface area contributed by atoms with E-state index in [-0.39, 0.29) is 16.3 Å². The number of rotatable bonds is 3. The van der Waals surface area contributed by atoms with Crippen molar-refractivity contribution in [3.05, 3.63) is 27.1 Å². The molecule has 1 aromatic rings. The summed E-state index contributed by atoms with van der Waals surface area (Å²) in [7, 11) is 0. The summed E-state index contributed by atoms with van der Waals surface area (Å²) in [5.41, 5.74) is -0.301. The van der Waals surface area contributed by atoms with Crippen molar-refractivity contribution < 1.29 is 14.8 Å². The van der Waals surface area contributed by atoms with Crippen LogP contribution in [0.25, 0.3) is 0 Å². The highest BCUT2D eigenvalue weighted by atomic mass is 32.1. The van der Waals surface area contributed by atoms with Crippen molar-refractivity contribution in [3.63, 3.8) is 0 Å². The third-order valence-electron chi connectivity index (χ3n) is 3.19. The summed E-state index contributed by atoms with van der Waals surface area (Å²) in [6, 6.07) is 3.10. The van der Waals surface area contributed by atoms with Gasteiger partial charge in [0.15, 0.2) is 0 Å². The van der Waals surface area contributed by atoms with Crippen LogP contribution in [0.4, 0.5) is 5.00 Å². The summed E-state index contributed by atoms with van der Waals surface area (Å²) in [6.07, 6.45) is 0. The number of aliphatic carboxylic acids is 1. The molecule has 1 saturated carbocycles. The first-order chi connectivity index (χ1) is 7.35. The first-order valence-corrected chi connectivity index (χ1v) is 5.64. The van der Waals surface area contributed by atoms with Gasteiger partial charge < -0.3 is 5.11 Å². The zero-order chi connectivity index (χ0) is 12.1. The lowest BCUT2D eigenvalue weighted by atomic mass is 10.1. The van der Waals surface area contributed by atoms with Crippen LogP contribution < -0.4 is 0 Å². The van der Waals surface area contributed by atoms with Crippen molar-refractivity contribution in [1.29, 1.82) is 0 Å². The lowest BCUT2D eigenvalue weighted by molar-refractivity contribution is -0.380. The van der Waals surface area contributed by atoms with Crippen LogP contribution in [-0.2, 0) is 4.79 Å². The summed E-state index contributed by atoms with van der Waals surface area (Å²) in [5.74, 6) is -1.35. The Kier molecular flexibility index (Phi) is 2.27. The van der Waals surface area contributed by atoms with Gasteiger partial charge in [-0.2, -0.15) is 0 Å². The first kappa shape index (κ1) is 11.1. The average molecular weight is 241 g/mol. The molecule has 2 rings (SSSR count). The number of hydrogen-bond acceptors (Lipinski definition) is 4. The van der Waals surface area contributed by atoms with Crippen LogP contribution in [-0.4, -0.2) is 16.0 Å². The van der Waals surface area contributed by atoms with Gasteiger partial charge in [0.1, 0.15) is 0 Å². The van der Waals surface area contributed by atoms with Gasteiger partial charge in [-0.15, -0.1) is 0 Å². The second-order valence-electron chi connectivity index (χ2n) is 4.55. The number of carboxylic acid groups (broad SMARTS) is 1. The Bertz CT molecular complexity index is 465. The predicted molar refractivity (Wildman–Crippen MR) is 58.6 cm³/mol. The summed E-state index contributed by atoms with van der Waals surface area (Å²) >= 11 is 1.07. The molecule has 0 saturated heterocycles. The van der Waals surface area contributed by atoms with Gasteiger partial charge in [-0.1, -0.05) is 25.2 Å². The van der Waals surface area contributed by atoms with E-state index in [4.69, 9.17) is 5.11 Å². The number of thiophene rings is 1. The molecule has 2 atom stereocenters. The Morgan fingerprint density at radius 1 is 1.56 bits per heavy atom. The average Bonchev–Trinajstić information content (AvgIpc) is 2.60. The van der Waals surface area contributed by atoms with Gasteiger partial charge in [0, 0.05) is 16.9 Å². The molecule has 1 aliphatic carbocycles. The van der Waals surface area contributed by atoms with E-state index in [1.165, 1.54) is 6.07 Å². The highest BCUT2D eigenvalue weighted by molar-refractivity contribution is 7.15. The molecule has 0 radical (unpaired) electrons. The number of carboxylic acids is 1. The van der Waals surface area contributed by atoms with Gasteiger partial charge >= 0.3 is 11.0 Å². The second-order valence-corrected chi connectivity index (χ2v) is 5.64. The van der Waals surface area contributed by atoms with Crippen LogP contribution in [0.3, 0.4) is 0 Å². The molecule has 6 heteroatoms. The monoisotopic (exact) mass is 241 g/mol. The Balaban J connectivity index is 2.27. The van der Waals surface area contributed by atoms with Crippen molar-refractivity contribution in [3.8, 4) is 0 Å². The van der Waals surface area contributed by atoms with E-state index in [2.05, 4.69) is 0 Å². The molecule has 1 aliphatic rings. The Morgan fingerprint density at radius 2 is 2.19 bits per heavy atom. The van der Waals surface area contributed by atoms with Crippen molar-refractivity contribution in [2.75, 3.05) is 0 Å². The normalized spacial score (nSPS) is 26.4. The van der Waals surface area contributed by atoms with E-state index >= 15 is 0 Å². The second kappa shape index (κ2) is 3.28. The van der Waals surface area contributed by atoms with Gasteiger partial charge in [0.05, 0.1) is 10.8 Å². The first-order valence-electron chi connectivity index (χ1n) is 4.82. The molecule has 1 aromatic heterocycles. The third kappa shape index (κ3) is 1.49. The minimum atomic E-state index is -0.828. The van der Waals surface area contributed by atoms with Crippen LogP contribution in [0.1, 0.15) is 24.6 Å². The largest absolute Gasteiger partial charge is 0.481 e. The van der Waals surface area contributed by atoms with Crippen molar-refractivity contribution in [2.24, 2.45) is 11.3 Å². The van der Waals surface area contributed by atoms with Crippen molar-refractivity contribution >= 4 is 22.3 Å². The Hall–Kier alpha value is -1.43. The standard InChI is InChI=1S/C10H11NO4S/c1-10(2)7(8(10)9(12)13)5-3-4-6(16-5)11(14)15/h3-4,7-8H,1-2H3,(H,12,13)/t7-,8+/m1/s1. The number of nitrogens with zero attached hydrogens (tertiary/aromatic N) is 1. The van der Waals surface area contributed by atoms with Gasteiger partial charge in [-0.3, -0.25) is 14.9 Å². The fourth-order valence-electron chi connectivity index (χ4n) is 2.24. The minimum Gasteiger partial charge on any atom is -0.481 e. The maximum absolute atomic E-state index is 11.0. The zero-order valence-corrected chi connectivity index (χ0v) is 9.65. The van der Waals surface area contributed by atoms with E-state index in [0.717, 1.165) is 16.2 Å². The maximum Gasteiger partial charge on any atom is 0.324 e. The lowest BCUT2D eigenvalue weighted by Crippen LogP contribution is -2.02. The fraction of sp³-hybridized carbons (Fsp3) is 0.500. The van der Waals surface area contributed by atoms with Crippen molar-refractivity contribution in [1.82, 2.24) is 0 Å². The SMILES string of the molecule is CC1(C)[C@H](C(=O)O)[C@H]1c1ccc([N+](=O)[O-])s1. The summed E-state index contributed by atoms with van der Waals surface area (Å²) in [5, 5.41) is 19.6. The van der Waals surface area contributed by atoms with E-state index in [0.29, 0.717) is 0 Å². The molecule has 0 aromatic carbocycles. The molecule has 16 heavy (non-hydrogen) atoms. The molecule has 1 fully saturated rings. The van der Waals surface area contributed by atoms with Crippen LogP contribution in [0, 0.1) is 21.4 Å². The molecule has 0 unspecified atom stereocenters. The van der Waals surface area contributed by atoms with Crippen LogP contribution in [0.2, 0.25) is 0 Å². The third-order valence-corrected chi connectivity index (χ3v) is 4.31.